The van der Waals surface area contributed by atoms with Crippen molar-refractivity contribution in [1.82, 2.24) is 5.43 Å². The molecule has 3 aromatic rings. The smallest absolute Gasteiger partial charge is 0.271 e. The zero-order valence-electron chi connectivity index (χ0n) is 17.3. The monoisotopic (exact) mass is 438 g/mol. The first kappa shape index (κ1) is 22.2. The fourth-order valence-corrected chi connectivity index (χ4v) is 2.93. The van der Waals surface area contributed by atoms with Crippen molar-refractivity contribution in [1.29, 1.82) is 0 Å². The largest absolute Gasteiger partial charge is 0.493 e. The van der Waals surface area contributed by atoms with E-state index < -0.39 is 0 Å². The molecular weight excluding hydrogens is 416 g/mol. The Labute approximate surface area is 186 Å². The van der Waals surface area contributed by atoms with Crippen molar-refractivity contribution in [3.63, 3.8) is 0 Å². The van der Waals surface area contributed by atoms with Gasteiger partial charge in [0.2, 0.25) is 0 Å². The number of ether oxygens (including phenoxy) is 3. The van der Waals surface area contributed by atoms with Crippen LogP contribution in [-0.2, 0) is 6.61 Å². The molecule has 0 aliphatic heterocycles. The van der Waals surface area contributed by atoms with E-state index in [9.17, 15) is 4.79 Å². The van der Waals surface area contributed by atoms with E-state index in [1.54, 1.807) is 31.5 Å². The highest BCUT2D eigenvalue weighted by Crippen LogP contribution is 2.28. The van der Waals surface area contributed by atoms with Crippen LogP contribution in [0.5, 0.6) is 17.2 Å². The lowest BCUT2D eigenvalue weighted by molar-refractivity contribution is 0.0954. The molecule has 1 amide bonds. The molecule has 0 aliphatic rings. The first-order valence-electron chi connectivity index (χ1n) is 9.71. The zero-order chi connectivity index (χ0) is 22.1. The lowest BCUT2D eigenvalue weighted by Crippen LogP contribution is -2.17. The first-order chi connectivity index (χ1) is 15.1. The van der Waals surface area contributed by atoms with Crippen LogP contribution in [0.3, 0.4) is 0 Å². The van der Waals surface area contributed by atoms with Crippen molar-refractivity contribution in [2.75, 3.05) is 13.7 Å². The third kappa shape index (κ3) is 6.23. The predicted octanol–water partition coefficient (Wildman–Crippen LogP) is 5.09. The summed E-state index contributed by atoms with van der Waals surface area (Å²) in [6, 6.07) is 19.9. The van der Waals surface area contributed by atoms with E-state index in [1.807, 2.05) is 55.5 Å². The number of nitrogens with one attached hydrogen (secondary N) is 1. The number of amides is 1. The number of benzene rings is 3. The molecule has 3 rings (SSSR count). The molecule has 160 valence electrons. The van der Waals surface area contributed by atoms with Gasteiger partial charge in [-0.1, -0.05) is 29.8 Å². The number of hydrogen-bond acceptors (Lipinski definition) is 5. The Morgan fingerprint density at radius 1 is 1.03 bits per heavy atom. The third-order valence-corrected chi connectivity index (χ3v) is 4.71. The standard InChI is InChI=1S/C24H23ClN2O4/c1-3-30-23-14-18(10-13-22(23)29-2)24(28)27-26-15-17-8-11-20(12-9-17)31-16-19-6-4-5-7-21(19)25/h4-15H,3,16H2,1-2H3,(H,27,28)/b26-15+. The number of rotatable bonds is 9. The predicted molar refractivity (Wildman–Crippen MR) is 121 cm³/mol. The molecule has 0 fully saturated rings. The minimum atomic E-state index is -0.348. The summed E-state index contributed by atoms with van der Waals surface area (Å²) in [6.07, 6.45) is 1.56. The molecule has 0 spiro atoms. The van der Waals surface area contributed by atoms with E-state index in [-0.39, 0.29) is 5.91 Å². The Bertz CT molecular complexity index is 1050. The maximum Gasteiger partial charge on any atom is 0.271 e. The average Bonchev–Trinajstić information content (AvgIpc) is 2.79. The number of carbonyl (C=O) groups excluding carboxylic acids is 1. The Hall–Kier alpha value is -3.51. The minimum absolute atomic E-state index is 0.348. The van der Waals surface area contributed by atoms with Gasteiger partial charge in [-0.25, -0.2) is 5.43 Å². The molecule has 3 aromatic carbocycles. The highest BCUT2D eigenvalue weighted by molar-refractivity contribution is 6.31. The summed E-state index contributed by atoms with van der Waals surface area (Å²) >= 11 is 6.14. The van der Waals surface area contributed by atoms with Gasteiger partial charge in [-0.3, -0.25) is 4.79 Å². The summed E-state index contributed by atoms with van der Waals surface area (Å²) in [5.41, 5.74) is 4.67. The second kappa shape index (κ2) is 11.0. The van der Waals surface area contributed by atoms with Gasteiger partial charge in [0.1, 0.15) is 12.4 Å². The van der Waals surface area contributed by atoms with Crippen LogP contribution in [0, 0.1) is 0 Å². The van der Waals surface area contributed by atoms with Gasteiger partial charge >= 0.3 is 0 Å². The first-order valence-corrected chi connectivity index (χ1v) is 10.1. The highest BCUT2D eigenvalue weighted by atomic mass is 35.5. The molecular formula is C24H23ClN2O4. The molecule has 6 nitrogen and oxygen atoms in total. The number of carbonyl (C=O) groups is 1. The summed E-state index contributed by atoms with van der Waals surface area (Å²) in [4.78, 5) is 12.3. The van der Waals surface area contributed by atoms with Gasteiger partial charge in [-0.15, -0.1) is 0 Å². The van der Waals surface area contributed by atoms with E-state index in [0.717, 1.165) is 11.1 Å². The number of methoxy groups -OCH3 is 1. The Morgan fingerprint density at radius 2 is 1.81 bits per heavy atom. The molecule has 1 N–H and O–H groups in total. The van der Waals surface area contributed by atoms with Crippen molar-refractivity contribution >= 4 is 23.7 Å². The second-order valence-electron chi connectivity index (χ2n) is 6.45. The molecule has 7 heteroatoms. The summed E-state index contributed by atoms with van der Waals surface area (Å²) in [7, 11) is 1.55. The van der Waals surface area contributed by atoms with Crippen LogP contribution >= 0.6 is 11.6 Å². The van der Waals surface area contributed by atoms with E-state index in [2.05, 4.69) is 10.5 Å². The van der Waals surface area contributed by atoms with Gasteiger partial charge in [0.05, 0.1) is 19.9 Å². The highest BCUT2D eigenvalue weighted by Gasteiger charge is 2.10. The zero-order valence-corrected chi connectivity index (χ0v) is 18.1. The van der Waals surface area contributed by atoms with Crippen molar-refractivity contribution in [2.24, 2.45) is 5.10 Å². The fourth-order valence-electron chi connectivity index (χ4n) is 2.74. The summed E-state index contributed by atoms with van der Waals surface area (Å²) in [5.74, 6) is 1.44. The Morgan fingerprint density at radius 3 is 2.52 bits per heavy atom. The van der Waals surface area contributed by atoms with Crippen LogP contribution in [-0.4, -0.2) is 25.8 Å². The maximum atomic E-state index is 12.3. The molecule has 0 saturated heterocycles. The van der Waals surface area contributed by atoms with Crippen LogP contribution in [0.2, 0.25) is 5.02 Å². The van der Waals surface area contributed by atoms with Crippen LogP contribution in [0.1, 0.15) is 28.4 Å². The molecule has 0 atom stereocenters. The fraction of sp³-hybridized carbons (Fsp3) is 0.167. The van der Waals surface area contributed by atoms with Gasteiger partial charge in [0.15, 0.2) is 11.5 Å². The van der Waals surface area contributed by atoms with Crippen LogP contribution in [0.25, 0.3) is 0 Å². The topological polar surface area (TPSA) is 69.2 Å². The normalized spacial score (nSPS) is 10.7. The van der Waals surface area contributed by atoms with E-state index in [1.165, 1.54) is 0 Å². The Kier molecular flexibility index (Phi) is 7.90. The second-order valence-corrected chi connectivity index (χ2v) is 6.85. The van der Waals surface area contributed by atoms with E-state index in [0.29, 0.717) is 41.0 Å². The SMILES string of the molecule is CCOc1cc(C(=O)N/N=C/c2ccc(OCc3ccccc3Cl)cc2)ccc1OC. The van der Waals surface area contributed by atoms with Crippen molar-refractivity contribution in [3.05, 3.63) is 88.4 Å². The summed E-state index contributed by atoms with van der Waals surface area (Å²) in [5, 5.41) is 4.69. The van der Waals surface area contributed by atoms with Gasteiger partial charge in [0.25, 0.3) is 5.91 Å². The van der Waals surface area contributed by atoms with Gasteiger partial charge in [0, 0.05) is 16.1 Å². The molecule has 0 aliphatic carbocycles. The van der Waals surface area contributed by atoms with Crippen LogP contribution in [0.4, 0.5) is 0 Å². The van der Waals surface area contributed by atoms with Crippen molar-refractivity contribution < 1.29 is 19.0 Å². The molecule has 0 radical (unpaired) electrons. The average molecular weight is 439 g/mol. The van der Waals surface area contributed by atoms with E-state index in [4.69, 9.17) is 25.8 Å². The number of halogens is 1. The van der Waals surface area contributed by atoms with Crippen LogP contribution in [0.15, 0.2) is 71.8 Å². The van der Waals surface area contributed by atoms with Crippen molar-refractivity contribution in [2.45, 2.75) is 13.5 Å². The molecule has 0 saturated carbocycles. The van der Waals surface area contributed by atoms with Crippen LogP contribution < -0.4 is 19.6 Å². The molecule has 0 aromatic heterocycles. The summed E-state index contributed by atoms with van der Waals surface area (Å²) in [6.45, 7) is 2.72. The number of hydrazone groups is 1. The number of hydrogen-bond donors (Lipinski definition) is 1. The third-order valence-electron chi connectivity index (χ3n) is 4.34. The maximum absolute atomic E-state index is 12.3. The quantitative estimate of drug-likeness (QED) is 0.373. The van der Waals surface area contributed by atoms with Gasteiger partial charge in [-0.2, -0.15) is 5.10 Å². The molecule has 0 heterocycles. The molecule has 31 heavy (non-hydrogen) atoms. The van der Waals surface area contributed by atoms with Gasteiger partial charge in [-0.05, 0) is 61.0 Å². The lowest BCUT2D eigenvalue weighted by atomic mass is 10.2. The number of nitrogens with zero attached hydrogens (tertiary/aromatic N) is 1. The Balaban J connectivity index is 1.55. The van der Waals surface area contributed by atoms with Gasteiger partial charge < -0.3 is 14.2 Å². The minimum Gasteiger partial charge on any atom is -0.493 e. The van der Waals surface area contributed by atoms with Crippen molar-refractivity contribution in [3.8, 4) is 17.2 Å². The lowest BCUT2D eigenvalue weighted by Gasteiger charge is -2.10. The molecule has 0 unspecified atom stereocenters. The van der Waals surface area contributed by atoms with E-state index >= 15 is 0 Å². The molecule has 0 bridgehead atoms. The summed E-state index contributed by atoms with van der Waals surface area (Å²) < 4.78 is 16.5.